The molecule has 0 amide bonds. The molecule has 4 atom stereocenters. The van der Waals surface area contributed by atoms with E-state index in [9.17, 15) is 9.00 Å². The fraction of sp³-hybridized carbons (Fsp3) is 0.552. The number of nitrogens with zero attached hydrogens (tertiary/aromatic N) is 1. The summed E-state index contributed by atoms with van der Waals surface area (Å²) in [5.41, 5.74) is 13.4. The Labute approximate surface area is 218 Å². The van der Waals surface area contributed by atoms with E-state index in [1.165, 1.54) is 36.8 Å². The van der Waals surface area contributed by atoms with Crippen LogP contribution in [-0.4, -0.2) is 40.4 Å². The average Bonchev–Trinajstić information content (AvgIpc) is 2.86. The predicted molar refractivity (Wildman–Crippen MR) is 148 cm³/mol. The first-order valence-electron chi connectivity index (χ1n) is 13.3. The Kier molecular flexibility index (Phi) is 8.73. The molecule has 7 heteroatoms. The van der Waals surface area contributed by atoms with Crippen molar-refractivity contribution in [3.63, 3.8) is 0 Å². The number of anilines is 2. The Balaban J connectivity index is 1.65. The highest BCUT2D eigenvalue weighted by molar-refractivity contribution is 7.82. The number of ether oxygens (including phenoxy) is 1. The lowest BCUT2D eigenvalue weighted by molar-refractivity contribution is -0.143. The van der Waals surface area contributed by atoms with E-state index >= 15 is 0 Å². The molecule has 2 aromatic rings. The molecule has 1 aliphatic carbocycles. The molecule has 4 rings (SSSR count). The summed E-state index contributed by atoms with van der Waals surface area (Å²) in [7, 11) is 0.909. The van der Waals surface area contributed by atoms with Gasteiger partial charge in [0.25, 0.3) is 0 Å². The minimum atomic E-state index is -0.945. The van der Waals surface area contributed by atoms with Crippen molar-refractivity contribution in [2.24, 2.45) is 11.8 Å². The summed E-state index contributed by atoms with van der Waals surface area (Å²) >= 11 is 0. The number of benzene rings is 2. The lowest BCUT2D eigenvalue weighted by Gasteiger charge is -2.40. The molecule has 0 spiro atoms. The van der Waals surface area contributed by atoms with Crippen LogP contribution in [0.15, 0.2) is 30.3 Å². The van der Waals surface area contributed by atoms with E-state index in [1.54, 1.807) is 0 Å². The Morgan fingerprint density at radius 2 is 1.94 bits per heavy atom. The summed E-state index contributed by atoms with van der Waals surface area (Å²) in [5, 5.41) is 3.14. The van der Waals surface area contributed by atoms with Gasteiger partial charge in [0.2, 0.25) is 0 Å². The standard InChI is InChI=1S/C29H41N3O3S/c1-5-35-28(33)15-26(25-12-13-27(31-4)29(30)20(25)3)21-11-10-19(2)24(14-21)17-32-16-22-8-6-7-9-23(22)18-36(32)34/h10-14,22-23,26,31H,5-9,15-18,30H2,1-4H3. The van der Waals surface area contributed by atoms with Crippen LogP contribution in [0, 0.1) is 25.7 Å². The van der Waals surface area contributed by atoms with E-state index in [0.29, 0.717) is 30.7 Å². The van der Waals surface area contributed by atoms with E-state index in [-0.39, 0.29) is 18.3 Å². The Bertz CT molecular complexity index is 1120. The number of nitrogen functional groups attached to an aromatic ring is 1. The number of nitrogens with two attached hydrogens (primary N) is 1. The van der Waals surface area contributed by atoms with Crippen LogP contribution in [0.3, 0.4) is 0 Å². The topological polar surface area (TPSA) is 84.7 Å². The number of nitrogens with one attached hydrogen (secondary N) is 1. The fourth-order valence-electron chi connectivity index (χ4n) is 5.92. The number of esters is 1. The van der Waals surface area contributed by atoms with Crippen molar-refractivity contribution in [3.8, 4) is 0 Å². The van der Waals surface area contributed by atoms with Gasteiger partial charge in [-0.1, -0.05) is 37.1 Å². The van der Waals surface area contributed by atoms with Crippen LogP contribution < -0.4 is 11.1 Å². The van der Waals surface area contributed by atoms with Crippen molar-refractivity contribution in [1.29, 1.82) is 0 Å². The second kappa shape index (κ2) is 11.8. The minimum absolute atomic E-state index is 0.175. The van der Waals surface area contributed by atoms with Gasteiger partial charge in [0.15, 0.2) is 0 Å². The Morgan fingerprint density at radius 1 is 1.19 bits per heavy atom. The number of fused-ring (bicyclic) bond motifs is 1. The maximum Gasteiger partial charge on any atom is 0.306 e. The SMILES string of the molecule is CCOC(=O)CC(c1ccc(C)c(CN2CC3CCCCC3CS2=O)c1)c1ccc(NC)c(N)c1C. The molecule has 2 aromatic carbocycles. The van der Waals surface area contributed by atoms with Crippen molar-refractivity contribution in [3.05, 3.63) is 58.1 Å². The molecule has 0 bridgehead atoms. The van der Waals surface area contributed by atoms with Gasteiger partial charge in [-0.2, -0.15) is 0 Å². The number of hydrogen-bond acceptors (Lipinski definition) is 5. The summed E-state index contributed by atoms with van der Waals surface area (Å²) in [5.74, 6) is 1.68. The molecule has 196 valence electrons. The summed E-state index contributed by atoms with van der Waals surface area (Å²) in [4.78, 5) is 12.7. The normalized spacial score (nSPS) is 23.1. The largest absolute Gasteiger partial charge is 0.466 e. The highest BCUT2D eigenvalue weighted by Gasteiger charge is 2.35. The Hall–Kier alpha value is -2.38. The van der Waals surface area contributed by atoms with Crippen LogP contribution in [0.5, 0.6) is 0 Å². The average molecular weight is 512 g/mol. The van der Waals surface area contributed by atoms with Gasteiger partial charge in [0.1, 0.15) is 0 Å². The van der Waals surface area contributed by atoms with Gasteiger partial charge >= 0.3 is 5.97 Å². The number of carbonyl (C=O) groups is 1. The van der Waals surface area contributed by atoms with Crippen LogP contribution in [0.2, 0.25) is 0 Å². The van der Waals surface area contributed by atoms with Gasteiger partial charge < -0.3 is 15.8 Å². The van der Waals surface area contributed by atoms with Crippen molar-refractivity contribution >= 4 is 28.3 Å². The van der Waals surface area contributed by atoms with Gasteiger partial charge in [-0.25, -0.2) is 8.51 Å². The summed E-state index contributed by atoms with van der Waals surface area (Å²) in [6, 6.07) is 10.5. The monoisotopic (exact) mass is 511 g/mol. The van der Waals surface area contributed by atoms with Crippen molar-refractivity contribution in [2.75, 3.05) is 37.0 Å². The Morgan fingerprint density at radius 3 is 2.67 bits per heavy atom. The van der Waals surface area contributed by atoms with Crippen LogP contribution in [-0.2, 0) is 27.1 Å². The van der Waals surface area contributed by atoms with Crippen LogP contribution >= 0.6 is 0 Å². The molecule has 1 heterocycles. The zero-order chi connectivity index (χ0) is 25.8. The van der Waals surface area contributed by atoms with Crippen molar-refractivity contribution in [2.45, 2.75) is 65.3 Å². The van der Waals surface area contributed by atoms with E-state index < -0.39 is 11.0 Å². The summed E-state index contributed by atoms with van der Waals surface area (Å²) in [6.07, 6.45) is 5.29. The number of rotatable bonds is 8. The quantitative estimate of drug-likeness (QED) is 0.371. The van der Waals surface area contributed by atoms with Crippen LogP contribution in [0.4, 0.5) is 11.4 Å². The molecule has 1 aliphatic heterocycles. The van der Waals surface area contributed by atoms with E-state index in [0.717, 1.165) is 34.7 Å². The maximum atomic E-state index is 13.1. The molecule has 1 saturated carbocycles. The third-order valence-electron chi connectivity index (χ3n) is 8.15. The van der Waals surface area contributed by atoms with E-state index in [2.05, 4.69) is 40.8 Å². The zero-order valence-corrected chi connectivity index (χ0v) is 23.0. The molecule has 36 heavy (non-hydrogen) atoms. The predicted octanol–water partition coefficient (Wildman–Crippen LogP) is 5.30. The van der Waals surface area contributed by atoms with Crippen molar-refractivity contribution < 1.29 is 13.7 Å². The minimum Gasteiger partial charge on any atom is -0.466 e. The summed E-state index contributed by atoms with van der Waals surface area (Å²) in [6.45, 7) is 7.89. The first kappa shape index (κ1) is 26.7. The molecule has 2 fully saturated rings. The van der Waals surface area contributed by atoms with Gasteiger partial charge in [0.05, 0.1) is 35.4 Å². The molecule has 0 aromatic heterocycles. The van der Waals surface area contributed by atoms with Gasteiger partial charge in [0, 0.05) is 31.8 Å². The molecule has 1 saturated heterocycles. The number of aryl methyl sites for hydroxylation is 1. The fourth-order valence-corrected chi connectivity index (χ4v) is 7.57. The molecule has 6 nitrogen and oxygen atoms in total. The lowest BCUT2D eigenvalue weighted by Crippen LogP contribution is -2.44. The highest BCUT2D eigenvalue weighted by atomic mass is 32.2. The third kappa shape index (κ3) is 5.78. The first-order valence-corrected chi connectivity index (χ1v) is 14.5. The molecule has 2 aliphatic rings. The number of carbonyl (C=O) groups excluding carboxylic acids is 1. The van der Waals surface area contributed by atoms with Gasteiger partial charge in [-0.05, 0) is 79.3 Å². The zero-order valence-electron chi connectivity index (χ0n) is 22.1. The second-order valence-corrected chi connectivity index (χ2v) is 11.8. The molecule has 3 N–H and O–H groups in total. The number of hydrogen-bond donors (Lipinski definition) is 2. The molecule has 4 unspecified atom stereocenters. The van der Waals surface area contributed by atoms with E-state index in [4.69, 9.17) is 10.5 Å². The maximum absolute atomic E-state index is 13.1. The van der Waals surface area contributed by atoms with E-state index in [1.807, 2.05) is 27.0 Å². The molecule has 0 radical (unpaired) electrons. The second-order valence-electron chi connectivity index (χ2n) is 10.4. The van der Waals surface area contributed by atoms with Gasteiger partial charge in [-0.3, -0.25) is 4.79 Å². The molecular weight excluding hydrogens is 470 g/mol. The highest BCUT2D eigenvalue weighted by Crippen LogP contribution is 2.38. The first-order chi connectivity index (χ1) is 17.3. The smallest absolute Gasteiger partial charge is 0.306 e. The molecular formula is C29H41N3O3S. The summed E-state index contributed by atoms with van der Waals surface area (Å²) < 4.78 is 20.6. The third-order valence-corrected chi connectivity index (χ3v) is 9.72. The lowest BCUT2D eigenvalue weighted by atomic mass is 9.80. The van der Waals surface area contributed by atoms with Crippen LogP contribution in [0.25, 0.3) is 0 Å². The van der Waals surface area contributed by atoms with Crippen molar-refractivity contribution in [1.82, 2.24) is 4.31 Å². The van der Waals surface area contributed by atoms with Crippen LogP contribution in [0.1, 0.15) is 72.8 Å². The van der Waals surface area contributed by atoms with Gasteiger partial charge in [-0.15, -0.1) is 0 Å².